The molecule has 0 N–H and O–H groups in total. The van der Waals surface area contributed by atoms with Crippen molar-refractivity contribution in [3.8, 4) is 146 Å². The summed E-state index contributed by atoms with van der Waals surface area (Å²) in [4.78, 5) is 21.0. The summed E-state index contributed by atoms with van der Waals surface area (Å²) < 4.78 is 8.97. The summed E-state index contributed by atoms with van der Waals surface area (Å²) in [6.45, 7) is 0. The molecule has 0 saturated carbocycles. The largest absolute Gasteiger partial charge is 0.309 e. The van der Waals surface area contributed by atoms with E-state index in [1.54, 1.807) is 0 Å². The molecule has 24 aromatic rings. The lowest BCUT2D eigenvalue weighted by Crippen LogP contribution is -1.97. The highest BCUT2D eigenvalue weighted by molar-refractivity contribution is 6.17. The van der Waals surface area contributed by atoms with E-state index in [1.165, 1.54) is 32.4 Å². The summed E-state index contributed by atoms with van der Waals surface area (Å²) in [5.41, 5.74) is 31.1. The molecule has 0 radical (unpaired) electrons. The van der Waals surface area contributed by atoms with Gasteiger partial charge in [-0.15, -0.1) is 0 Å². The summed E-state index contributed by atoms with van der Waals surface area (Å²) in [6, 6.07) is 158. The second kappa shape index (κ2) is 30.8. The molecule has 0 aliphatic heterocycles. The molecule has 10 heteroatoms. The Kier molecular flexibility index (Phi) is 18.0. The second-order valence-corrected chi connectivity index (χ2v) is 31.3. The first-order valence-electron chi connectivity index (χ1n) is 41.9. The number of para-hydroxylation sites is 4. The van der Waals surface area contributed by atoms with E-state index in [0.717, 1.165) is 179 Å². The van der Waals surface area contributed by atoms with Crippen LogP contribution in [0.1, 0.15) is 0 Å². The van der Waals surface area contributed by atoms with Crippen molar-refractivity contribution in [1.82, 2.24) is 48.3 Å². The number of hydrogen-bond acceptors (Lipinski definition) is 6. The van der Waals surface area contributed by atoms with Gasteiger partial charge in [0.2, 0.25) is 0 Å². The van der Waals surface area contributed by atoms with Gasteiger partial charge in [-0.05, 0) is 101 Å². The second-order valence-electron chi connectivity index (χ2n) is 31.3. The fraction of sp³-hybridized carbons (Fsp3) is 0. The lowest BCUT2D eigenvalue weighted by molar-refractivity contribution is 0.979. The first-order chi connectivity index (χ1) is 61.5. The lowest BCUT2D eigenvalue weighted by Gasteiger charge is -2.12. The molecular weight excluding hydrogens is 1510 g/mol. The molecular formula is C114H74N10. The molecule has 0 spiro atoms. The first-order valence-corrected chi connectivity index (χ1v) is 41.9. The molecule has 124 heavy (non-hydrogen) atoms. The Morgan fingerprint density at radius 3 is 0.992 bits per heavy atom. The van der Waals surface area contributed by atoms with E-state index >= 15 is 0 Å². The zero-order chi connectivity index (χ0) is 82.0. The van der Waals surface area contributed by atoms with Crippen molar-refractivity contribution in [2.24, 2.45) is 0 Å². The van der Waals surface area contributed by atoms with E-state index in [1.807, 2.05) is 36.4 Å². The van der Waals surface area contributed by atoms with Crippen molar-refractivity contribution in [1.29, 1.82) is 0 Å². The lowest BCUT2D eigenvalue weighted by atomic mass is 9.96. The highest BCUT2D eigenvalue weighted by Crippen LogP contribution is 2.47. The molecule has 0 unspecified atom stereocenters. The number of pyridine rings is 2. The molecule has 8 heterocycles. The average molecular weight is 1580 g/mol. The van der Waals surface area contributed by atoms with Crippen LogP contribution in [0.3, 0.4) is 0 Å². The third kappa shape index (κ3) is 12.8. The number of hydrogen-bond donors (Lipinski definition) is 0. The Hall–Kier alpha value is -16.8. The van der Waals surface area contributed by atoms with Gasteiger partial charge in [-0.3, -0.25) is 0 Å². The van der Waals surface area contributed by atoms with Crippen LogP contribution in [0.2, 0.25) is 0 Å². The van der Waals surface area contributed by atoms with Crippen LogP contribution in [0.4, 0.5) is 0 Å². The monoisotopic (exact) mass is 1580 g/mol. The molecule has 0 aliphatic rings. The number of rotatable bonds is 14. The van der Waals surface area contributed by atoms with Gasteiger partial charge in [-0.1, -0.05) is 370 Å². The quantitative estimate of drug-likeness (QED) is 0.108. The number of benzene rings is 16. The summed E-state index contributed by atoms with van der Waals surface area (Å²) in [6.07, 6.45) is 0. The van der Waals surface area contributed by atoms with Gasteiger partial charge in [-0.2, -0.15) is 10.2 Å². The van der Waals surface area contributed by atoms with E-state index in [2.05, 4.69) is 431 Å². The molecule has 0 aliphatic carbocycles. The predicted molar refractivity (Wildman–Crippen MR) is 510 cm³/mol. The fourth-order valence-corrected chi connectivity index (χ4v) is 18.1. The maximum absolute atomic E-state index is 5.46. The van der Waals surface area contributed by atoms with E-state index in [0.29, 0.717) is 11.6 Å². The maximum Gasteiger partial charge on any atom is 0.160 e. The van der Waals surface area contributed by atoms with Gasteiger partial charge < -0.3 is 9.13 Å². The van der Waals surface area contributed by atoms with Crippen molar-refractivity contribution in [2.45, 2.75) is 0 Å². The van der Waals surface area contributed by atoms with Crippen molar-refractivity contribution in [2.75, 3.05) is 0 Å². The topological polar surface area (TPSA) is 96.0 Å². The zero-order valence-corrected chi connectivity index (χ0v) is 67.2. The zero-order valence-electron chi connectivity index (χ0n) is 67.2. The van der Waals surface area contributed by atoms with Crippen LogP contribution in [-0.4, -0.2) is 48.3 Å². The van der Waals surface area contributed by atoms with Crippen LogP contribution in [0.15, 0.2) is 449 Å². The van der Waals surface area contributed by atoms with E-state index in [9.17, 15) is 0 Å². The van der Waals surface area contributed by atoms with Gasteiger partial charge in [0.15, 0.2) is 11.6 Å². The molecule has 0 atom stereocenters. The first kappa shape index (κ1) is 72.4. The Balaban J connectivity index is 0.000000143. The van der Waals surface area contributed by atoms with Crippen LogP contribution in [-0.2, 0) is 0 Å². The molecule has 0 saturated heterocycles. The van der Waals surface area contributed by atoms with Crippen LogP contribution in [0, 0.1) is 0 Å². The summed E-state index contributed by atoms with van der Waals surface area (Å²) in [5.74, 6) is 1.36. The van der Waals surface area contributed by atoms with Gasteiger partial charge >= 0.3 is 0 Å². The molecule has 10 nitrogen and oxygen atoms in total. The molecule has 0 amide bonds. The van der Waals surface area contributed by atoms with Crippen molar-refractivity contribution in [3.05, 3.63) is 449 Å². The number of fused-ring (bicyclic) bond motifs is 12. The predicted octanol–water partition coefficient (Wildman–Crippen LogP) is 28.8. The van der Waals surface area contributed by atoms with Crippen molar-refractivity contribution >= 4 is 76.2 Å². The summed E-state index contributed by atoms with van der Waals surface area (Å²) in [7, 11) is 0. The third-order valence-electron chi connectivity index (χ3n) is 23.9. The normalized spacial score (nSPS) is 11.5. The Morgan fingerprint density at radius 2 is 0.524 bits per heavy atom. The molecule has 0 bridgehead atoms. The Labute approximate surface area is 715 Å². The molecule has 580 valence electrons. The van der Waals surface area contributed by atoms with Gasteiger partial charge in [0, 0.05) is 110 Å². The van der Waals surface area contributed by atoms with Gasteiger partial charge in [0.25, 0.3) is 0 Å². The third-order valence-corrected chi connectivity index (χ3v) is 23.9. The minimum Gasteiger partial charge on any atom is -0.309 e. The van der Waals surface area contributed by atoms with Crippen molar-refractivity contribution in [3.63, 3.8) is 0 Å². The SMILES string of the molecule is c1ccc(-c2nc(-c3ccc(-c4nn5c(-c6ccccc6)cc6ccccc6c5c4-c4ccccc4)cc3)cc(-c3ccc4c(c3)c3ccccc3n4-c3ccccc3)n2)cc1.c1ccc(-c2nc(-c3ccc(-c4nn5c(-c6ccccc6)cc6ccccc6c5c4-c4ccccc4)cc3)cc(-c3cccc4c3c3ccccc3n4-c3ccccc3)n2)cc1. The van der Waals surface area contributed by atoms with Gasteiger partial charge in [-0.25, -0.2) is 29.0 Å². The summed E-state index contributed by atoms with van der Waals surface area (Å²) in [5, 5.41) is 20.3. The minimum atomic E-state index is 0.679. The van der Waals surface area contributed by atoms with E-state index in [4.69, 9.17) is 30.1 Å². The van der Waals surface area contributed by atoms with Gasteiger partial charge in [0.1, 0.15) is 11.4 Å². The average Bonchev–Trinajstić information content (AvgIpc) is 1.59. The van der Waals surface area contributed by atoms with Crippen LogP contribution in [0.5, 0.6) is 0 Å². The molecule has 24 rings (SSSR count). The maximum atomic E-state index is 5.46. The number of aromatic nitrogens is 10. The van der Waals surface area contributed by atoms with Crippen LogP contribution >= 0.6 is 0 Å². The standard InChI is InChI=1S/2C57H37N5/c1-5-18-39(19-6-1)52-36-43-24-13-14-27-45(43)56-53(40-20-7-2-8-21-40)55(60-62(52)56)41-34-32-38(33-35-41)48-37-49(59-57(58-48)42-22-9-3-10-23-42)46-29-17-31-51-54(46)47-28-15-16-30-50(47)61(51)44-25-11-4-12-26-44;1-5-17-39(18-6-1)53-36-43-23-13-14-26-46(43)56-54(40-19-7-2-8-20-40)55(60-62(53)56)41-31-29-38(30-32-41)49-37-50(59-57(58-49)42-21-9-3-10-22-42)44-33-34-52-48(35-44)47-27-15-16-28-51(47)61(52)45-24-11-4-12-25-45/h2*1-37H. The van der Waals surface area contributed by atoms with E-state index in [-0.39, 0.29) is 0 Å². The van der Waals surface area contributed by atoms with Gasteiger partial charge in [0.05, 0.1) is 67.3 Å². The van der Waals surface area contributed by atoms with Crippen molar-refractivity contribution < 1.29 is 0 Å². The minimum absolute atomic E-state index is 0.679. The highest BCUT2D eigenvalue weighted by Gasteiger charge is 2.27. The fourth-order valence-electron chi connectivity index (χ4n) is 18.1. The molecule has 16 aromatic carbocycles. The van der Waals surface area contributed by atoms with E-state index < -0.39 is 0 Å². The summed E-state index contributed by atoms with van der Waals surface area (Å²) >= 11 is 0. The smallest absolute Gasteiger partial charge is 0.160 e. The molecule has 8 aromatic heterocycles. The Bertz CT molecular complexity index is 8150. The van der Waals surface area contributed by atoms with Crippen LogP contribution in [0.25, 0.3) is 223 Å². The van der Waals surface area contributed by atoms with Crippen LogP contribution < -0.4 is 0 Å². The number of nitrogens with zero attached hydrogens (tertiary/aromatic N) is 10. The highest BCUT2D eigenvalue weighted by atomic mass is 15.2. The molecule has 0 fully saturated rings. The Morgan fingerprint density at radius 1 is 0.194 bits per heavy atom.